The predicted molar refractivity (Wildman–Crippen MR) is 131 cm³/mol. The van der Waals surface area contributed by atoms with Gasteiger partial charge in [-0.3, -0.25) is 14.5 Å². The first-order valence-electron chi connectivity index (χ1n) is 12.0. The number of carbonyl (C=O) groups is 1. The molecule has 1 aromatic carbocycles. The highest BCUT2D eigenvalue weighted by Crippen LogP contribution is 2.59. The molecule has 3 heterocycles. The number of carbonyl (C=O) groups excluding carboxylic acids is 1. The summed E-state index contributed by atoms with van der Waals surface area (Å²) in [5.74, 6) is -1.85. The zero-order valence-electron chi connectivity index (χ0n) is 20.9. The fourth-order valence-electron chi connectivity index (χ4n) is 4.48. The molecule has 12 heteroatoms. The highest BCUT2D eigenvalue weighted by molar-refractivity contribution is 5.91. The fourth-order valence-corrected chi connectivity index (χ4v) is 4.48. The minimum atomic E-state index is -4.47. The molecule has 1 aliphatic carbocycles. The van der Waals surface area contributed by atoms with Crippen molar-refractivity contribution in [1.82, 2.24) is 19.9 Å². The number of rotatable bonds is 7. The van der Waals surface area contributed by atoms with Crippen LogP contribution in [-0.2, 0) is 30.1 Å². The van der Waals surface area contributed by atoms with Crippen LogP contribution >= 0.6 is 0 Å². The number of anilines is 1. The SMILES string of the molecule is Cc1nn(C)cc1Cc1ncc(-c2ccc(CC(=O)Nc3cc(C4(C(F)(F)F)CC4)on3)c(F)c2)cc1C#N. The Balaban J connectivity index is 1.27. The fraction of sp³-hybridized carbons (Fsp3) is 0.296. The maximum atomic E-state index is 14.9. The highest BCUT2D eigenvalue weighted by atomic mass is 19.4. The third-order valence-corrected chi connectivity index (χ3v) is 6.84. The normalized spacial score (nSPS) is 14.2. The summed E-state index contributed by atoms with van der Waals surface area (Å²) in [4.78, 5) is 16.8. The van der Waals surface area contributed by atoms with Crippen LogP contribution in [0.3, 0.4) is 0 Å². The van der Waals surface area contributed by atoms with Crippen LogP contribution in [-0.4, -0.2) is 32.0 Å². The minimum absolute atomic E-state index is 0.0751. The van der Waals surface area contributed by atoms with E-state index in [2.05, 4.69) is 26.6 Å². The Hall–Kier alpha value is -4.53. The summed E-state index contributed by atoms with van der Waals surface area (Å²) in [7, 11) is 1.81. The average molecular weight is 539 g/mol. The highest BCUT2D eigenvalue weighted by Gasteiger charge is 2.66. The summed E-state index contributed by atoms with van der Waals surface area (Å²) >= 11 is 0. The van der Waals surface area contributed by atoms with E-state index in [4.69, 9.17) is 4.52 Å². The van der Waals surface area contributed by atoms with Crippen molar-refractivity contribution < 1.29 is 26.9 Å². The van der Waals surface area contributed by atoms with Gasteiger partial charge in [0.05, 0.1) is 23.4 Å². The minimum Gasteiger partial charge on any atom is -0.358 e. The predicted octanol–water partition coefficient (Wildman–Crippen LogP) is 5.16. The van der Waals surface area contributed by atoms with Gasteiger partial charge >= 0.3 is 6.18 Å². The molecule has 0 aliphatic heterocycles. The molecule has 0 radical (unpaired) electrons. The van der Waals surface area contributed by atoms with E-state index in [0.717, 1.165) is 17.3 Å². The van der Waals surface area contributed by atoms with Crippen LogP contribution in [0.25, 0.3) is 11.1 Å². The first kappa shape index (κ1) is 26.1. The maximum absolute atomic E-state index is 14.9. The number of pyridine rings is 1. The molecule has 39 heavy (non-hydrogen) atoms. The van der Waals surface area contributed by atoms with Crippen LogP contribution in [0.4, 0.5) is 23.4 Å². The van der Waals surface area contributed by atoms with Gasteiger partial charge in [0.15, 0.2) is 11.6 Å². The number of benzene rings is 1. The van der Waals surface area contributed by atoms with Crippen molar-refractivity contribution in [1.29, 1.82) is 5.26 Å². The molecule has 0 atom stereocenters. The number of aryl methyl sites for hydroxylation is 2. The van der Waals surface area contributed by atoms with Gasteiger partial charge in [0.2, 0.25) is 5.91 Å². The first-order valence-corrected chi connectivity index (χ1v) is 12.0. The molecule has 3 aromatic heterocycles. The van der Waals surface area contributed by atoms with Crippen molar-refractivity contribution in [3.05, 3.63) is 82.4 Å². The van der Waals surface area contributed by atoms with E-state index in [1.54, 1.807) is 23.0 Å². The number of hydrogen-bond donors (Lipinski definition) is 1. The average Bonchev–Trinajstić information content (AvgIpc) is 3.48. The number of alkyl halides is 3. The number of halogens is 4. The second kappa shape index (κ2) is 9.65. The van der Waals surface area contributed by atoms with Gasteiger partial charge in [0.25, 0.3) is 0 Å². The molecular weight excluding hydrogens is 516 g/mol. The van der Waals surface area contributed by atoms with Crippen LogP contribution in [0, 0.1) is 24.1 Å². The molecule has 1 aliphatic rings. The van der Waals surface area contributed by atoms with E-state index in [9.17, 15) is 27.6 Å². The molecule has 0 bridgehead atoms. The van der Waals surface area contributed by atoms with Crippen LogP contribution < -0.4 is 5.32 Å². The van der Waals surface area contributed by atoms with Crippen molar-refractivity contribution in [3.63, 3.8) is 0 Å². The maximum Gasteiger partial charge on any atom is 0.401 e. The van der Waals surface area contributed by atoms with Crippen LogP contribution in [0.15, 0.2) is 47.2 Å². The van der Waals surface area contributed by atoms with Crippen molar-refractivity contribution in [2.75, 3.05) is 5.32 Å². The summed E-state index contributed by atoms with van der Waals surface area (Å²) in [6.45, 7) is 1.88. The number of amides is 1. The van der Waals surface area contributed by atoms with Crippen molar-refractivity contribution in [3.8, 4) is 17.2 Å². The van der Waals surface area contributed by atoms with E-state index in [-0.39, 0.29) is 36.4 Å². The number of nitrogens with zero attached hydrogens (tertiary/aromatic N) is 5. The van der Waals surface area contributed by atoms with Gasteiger partial charge in [-0.15, -0.1) is 0 Å². The van der Waals surface area contributed by atoms with Gasteiger partial charge in [0, 0.05) is 37.5 Å². The summed E-state index contributed by atoms with van der Waals surface area (Å²) in [5, 5.41) is 19.8. The number of nitriles is 1. The Bertz CT molecular complexity index is 1610. The van der Waals surface area contributed by atoms with E-state index < -0.39 is 23.3 Å². The molecule has 1 fully saturated rings. The number of hydrogen-bond acceptors (Lipinski definition) is 6. The second-order valence-electron chi connectivity index (χ2n) is 9.61. The molecule has 1 saturated carbocycles. The molecule has 0 unspecified atom stereocenters. The summed E-state index contributed by atoms with van der Waals surface area (Å²) in [6.07, 6.45) is -1.20. The molecule has 0 saturated heterocycles. The zero-order chi connectivity index (χ0) is 27.9. The van der Waals surface area contributed by atoms with Gasteiger partial charge in [-0.05, 0) is 48.6 Å². The number of nitrogens with one attached hydrogen (secondary N) is 1. The Morgan fingerprint density at radius 3 is 2.59 bits per heavy atom. The summed E-state index contributed by atoms with van der Waals surface area (Å²) in [6, 6.07) is 9.09. The molecule has 8 nitrogen and oxygen atoms in total. The van der Waals surface area contributed by atoms with Gasteiger partial charge in [-0.2, -0.15) is 23.5 Å². The van der Waals surface area contributed by atoms with E-state index in [1.165, 1.54) is 12.1 Å². The van der Waals surface area contributed by atoms with E-state index in [1.807, 2.05) is 20.2 Å². The third-order valence-electron chi connectivity index (χ3n) is 6.84. The number of aromatic nitrogens is 4. The lowest BCUT2D eigenvalue weighted by Crippen LogP contribution is -2.28. The second-order valence-corrected chi connectivity index (χ2v) is 9.61. The monoisotopic (exact) mass is 538 g/mol. The van der Waals surface area contributed by atoms with Gasteiger partial charge in [-0.1, -0.05) is 17.3 Å². The van der Waals surface area contributed by atoms with E-state index in [0.29, 0.717) is 28.8 Å². The lowest BCUT2D eigenvalue weighted by Gasteiger charge is -2.14. The lowest BCUT2D eigenvalue weighted by molar-refractivity contribution is -0.165. The summed E-state index contributed by atoms with van der Waals surface area (Å²) < 4.78 is 61.2. The molecule has 4 aromatic rings. The molecule has 1 amide bonds. The van der Waals surface area contributed by atoms with Gasteiger partial charge in [0.1, 0.15) is 17.3 Å². The third kappa shape index (κ3) is 5.12. The molecular formula is C27H22F4N6O2. The standard InChI is InChI=1S/C27H22F4N6O2/c1-15-20(14-37(2)35-15)9-22-18(12-32)7-19(13-33-22)16-3-4-17(21(28)8-16)10-25(38)34-24-11-23(39-36-24)26(5-6-26)27(29,30)31/h3-4,7-8,11,13-14H,5-6,9-10H2,1-2H3,(H,34,36,38). The first-order chi connectivity index (χ1) is 18.5. The topological polar surface area (TPSA) is 110 Å². The van der Waals surface area contributed by atoms with E-state index >= 15 is 0 Å². The van der Waals surface area contributed by atoms with Gasteiger partial charge < -0.3 is 9.84 Å². The summed E-state index contributed by atoms with van der Waals surface area (Å²) in [5.41, 5.74) is 1.72. The Kier molecular flexibility index (Phi) is 6.46. The molecule has 0 spiro atoms. The Labute approximate surface area is 220 Å². The van der Waals surface area contributed by atoms with Crippen LogP contribution in [0.1, 0.15) is 46.7 Å². The molecule has 5 rings (SSSR count). The van der Waals surface area contributed by atoms with Crippen molar-refractivity contribution in [2.24, 2.45) is 7.05 Å². The Morgan fingerprint density at radius 1 is 1.21 bits per heavy atom. The smallest absolute Gasteiger partial charge is 0.358 e. The Morgan fingerprint density at radius 2 is 1.97 bits per heavy atom. The largest absolute Gasteiger partial charge is 0.401 e. The van der Waals surface area contributed by atoms with Crippen LogP contribution in [0.2, 0.25) is 0 Å². The van der Waals surface area contributed by atoms with Crippen LogP contribution in [0.5, 0.6) is 0 Å². The lowest BCUT2D eigenvalue weighted by atomic mass is 10.00. The zero-order valence-corrected chi connectivity index (χ0v) is 20.9. The molecule has 200 valence electrons. The van der Waals surface area contributed by atoms with Crippen molar-refractivity contribution in [2.45, 2.75) is 44.2 Å². The quantitative estimate of drug-likeness (QED) is 0.326. The van der Waals surface area contributed by atoms with Crippen molar-refractivity contribution >= 4 is 11.7 Å². The van der Waals surface area contributed by atoms with Gasteiger partial charge in [-0.25, -0.2) is 4.39 Å². The molecule has 1 N–H and O–H groups in total.